The molecule has 0 spiro atoms. The van der Waals surface area contributed by atoms with Gasteiger partial charge in [-0.1, -0.05) is 56.3 Å². The van der Waals surface area contributed by atoms with Gasteiger partial charge in [0.05, 0.1) is 6.54 Å². The summed E-state index contributed by atoms with van der Waals surface area (Å²) in [4.78, 5) is 25.9. The summed E-state index contributed by atoms with van der Waals surface area (Å²) in [7, 11) is 0. The van der Waals surface area contributed by atoms with E-state index in [4.69, 9.17) is 10.5 Å². The highest BCUT2D eigenvalue weighted by Gasteiger charge is 2.21. The van der Waals surface area contributed by atoms with Crippen LogP contribution >= 0.6 is 0 Å². The molecule has 1 aromatic heterocycles. The summed E-state index contributed by atoms with van der Waals surface area (Å²) >= 11 is 0. The zero-order valence-electron chi connectivity index (χ0n) is 19.6. The molecular weight excluding hydrogens is 402 g/mol. The molecule has 3 N–H and O–H groups in total. The van der Waals surface area contributed by atoms with Crippen LogP contribution in [0.25, 0.3) is 21.9 Å². The third-order valence-electron chi connectivity index (χ3n) is 5.11. The van der Waals surface area contributed by atoms with E-state index in [9.17, 15) is 9.59 Å². The number of ether oxygens (including phenoxy) is 1. The Bertz CT molecular complexity index is 1160. The van der Waals surface area contributed by atoms with Gasteiger partial charge in [-0.15, -0.1) is 0 Å². The Balaban J connectivity index is 2.22. The molecule has 0 saturated heterocycles. The van der Waals surface area contributed by atoms with Crippen LogP contribution in [0.15, 0.2) is 53.3 Å². The summed E-state index contributed by atoms with van der Waals surface area (Å²) in [5.41, 5.74) is 8.81. The third-order valence-corrected chi connectivity index (χ3v) is 5.11. The molecule has 6 nitrogen and oxygen atoms in total. The molecule has 0 saturated carbocycles. The molecule has 0 radical (unpaired) electrons. The average molecular weight is 436 g/mol. The molecule has 0 fully saturated rings. The Morgan fingerprint density at radius 1 is 1.06 bits per heavy atom. The van der Waals surface area contributed by atoms with E-state index in [2.05, 4.69) is 19.2 Å². The van der Waals surface area contributed by atoms with Crippen LogP contribution in [0, 0.1) is 5.92 Å². The highest BCUT2D eigenvalue weighted by molar-refractivity contribution is 5.97. The number of nitrogens with one attached hydrogen (secondary N) is 1. The predicted molar refractivity (Wildman–Crippen MR) is 129 cm³/mol. The standard InChI is InChI=1S/C26H33N3O3/c1-17(2)16-29-22(15-28-25(31)32-26(3,4)5)23(19-12-10-18(14-27)11-13-19)20-8-6-7-9-21(20)24(29)30/h6-13,17H,14-16,27H2,1-5H3,(H,28,31). The Labute approximate surface area is 189 Å². The van der Waals surface area contributed by atoms with Gasteiger partial charge >= 0.3 is 6.09 Å². The van der Waals surface area contributed by atoms with Crippen molar-refractivity contribution in [2.24, 2.45) is 11.7 Å². The molecule has 0 aliphatic heterocycles. The van der Waals surface area contributed by atoms with Crippen molar-refractivity contribution in [3.05, 3.63) is 70.1 Å². The van der Waals surface area contributed by atoms with Gasteiger partial charge in [0.15, 0.2) is 0 Å². The maximum Gasteiger partial charge on any atom is 0.407 e. The van der Waals surface area contributed by atoms with Gasteiger partial charge in [0.2, 0.25) is 0 Å². The fraction of sp³-hybridized carbons (Fsp3) is 0.385. The van der Waals surface area contributed by atoms with E-state index >= 15 is 0 Å². The lowest BCUT2D eigenvalue weighted by atomic mass is 9.95. The quantitative estimate of drug-likeness (QED) is 0.582. The highest BCUT2D eigenvalue weighted by Crippen LogP contribution is 2.31. The molecule has 6 heteroatoms. The van der Waals surface area contributed by atoms with E-state index < -0.39 is 11.7 Å². The largest absolute Gasteiger partial charge is 0.444 e. The van der Waals surface area contributed by atoms with E-state index in [-0.39, 0.29) is 18.0 Å². The number of amides is 1. The Morgan fingerprint density at radius 3 is 2.25 bits per heavy atom. The first-order chi connectivity index (χ1) is 15.1. The maximum atomic E-state index is 13.4. The van der Waals surface area contributed by atoms with Gasteiger partial charge in [-0.2, -0.15) is 0 Å². The van der Waals surface area contributed by atoms with E-state index in [1.807, 2.05) is 69.3 Å². The monoisotopic (exact) mass is 435 g/mol. The second kappa shape index (κ2) is 9.57. The molecule has 0 aliphatic carbocycles. The minimum absolute atomic E-state index is 0.0578. The molecule has 3 rings (SSSR count). The van der Waals surface area contributed by atoms with Crippen molar-refractivity contribution in [3.63, 3.8) is 0 Å². The first kappa shape index (κ1) is 23.5. The molecule has 1 heterocycles. The Hall–Kier alpha value is -3.12. The van der Waals surface area contributed by atoms with Crippen LogP contribution in [0.5, 0.6) is 0 Å². The zero-order valence-corrected chi connectivity index (χ0v) is 19.6. The lowest BCUT2D eigenvalue weighted by Gasteiger charge is -2.23. The van der Waals surface area contributed by atoms with E-state index in [1.54, 1.807) is 4.57 Å². The summed E-state index contributed by atoms with van der Waals surface area (Å²) in [5.74, 6) is 0.251. The second-order valence-electron chi connectivity index (χ2n) is 9.43. The van der Waals surface area contributed by atoms with Gasteiger partial charge in [0.1, 0.15) is 5.60 Å². The summed E-state index contributed by atoms with van der Waals surface area (Å²) in [5, 5.41) is 4.37. The van der Waals surface area contributed by atoms with Crippen LogP contribution in [0.2, 0.25) is 0 Å². The number of alkyl carbamates (subject to hydrolysis) is 1. The fourth-order valence-electron chi connectivity index (χ4n) is 3.79. The van der Waals surface area contributed by atoms with Gasteiger partial charge in [-0.3, -0.25) is 4.79 Å². The van der Waals surface area contributed by atoms with Crippen LogP contribution < -0.4 is 16.6 Å². The number of nitrogens with two attached hydrogens (primary N) is 1. The highest BCUT2D eigenvalue weighted by atomic mass is 16.6. The van der Waals surface area contributed by atoms with Gasteiger partial charge in [0, 0.05) is 29.7 Å². The number of aromatic nitrogens is 1. The second-order valence-corrected chi connectivity index (χ2v) is 9.43. The van der Waals surface area contributed by atoms with Crippen LogP contribution in [0.1, 0.15) is 45.9 Å². The minimum atomic E-state index is -0.605. The fourth-order valence-corrected chi connectivity index (χ4v) is 3.79. The van der Waals surface area contributed by atoms with Crippen LogP contribution in [-0.2, 0) is 24.4 Å². The molecule has 170 valence electrons. The minimum Gasteiger partial charge on any atom is -0.444 e. The average Bonchev–Trinajstić information content (AvgIpc) is 2.73. The van der Waals surface area contributed by atoms with Crippen molar-refractivity contribution >= 4 is 16.9 Å². The maximum absolute atomic E-state index is 13.4. The summed E-state index contributed by atoms with van der Waals surface area (Å²) in [6.45, 7) is 10.8. The van der Waals surface area contributed by atoms with Crippen molar-refractivity contribution in [2.45, 2.75) is 59.9 Å². The van der Waals surface area contributed by atoms with Crippen molar-refractivity contribution in [2.75, 3.05) is 0 Å². The number of nitrogens with zero attached hydrogens (tertiary/aromatic N) is 1. The summed E-state index contributed by atoms with van der Waals surface area (Å²) in [6, 6.07) is 15.6. The number of pyridine rings is 1. The lowest BCUT2D eigenvalue weighted by molar-refractivity contribution is 0.0522. The van der Waals surface area contributed by atoms with Crippen molar-refractivity contribution in [1.29, 1.82) is 0 Å². The number of carbonyl (C=O) groups excluding carboxylic acids is 1. The summed E-state index contributed by atoms with van der Waals surface area (Å²) < 4.78 is 7.21. The molecule has 2 aromatic carbocycles. The Kier molecular flexibility index (Phi) is 7.04. The van der Waals surface area contributed by atoms with E-state index in [1.165, 1.54) is 0 Å². The molecule has 0 atom stereocenters. The number of benzene rings is 2. The topological polar surface area (TPSA) is 86.3 Å². The first-order valence-electron chi connectivity index (χ1n) is 11.0. The first-order valence-corrected chi connectivity index (χ1v) is 11.0. The number of carbonyl (C=O) groups is 1. The number of rotatable bonds is 6. The number of hydrogen-bond acceptors (Lipinski definition) is 4. The molecule has 1 amide bonds. The molecule has 32 heavy (non-hydrogen) atoms. The smallest absolute Gasteiger partial charge is 0.407 e. The van der Waals surface area contributed by atoms with E-state index in [0.717, 1.165) is 27.8 Å². The number of hydrogen-bond donors (Lipinski definition) is 2. The van der Waals surface area contributed by atoms with Crippen molar-refractivity contribution in [3.8, 4) is 11.1 Å². The zero-order chi connectivity index (χ0) is 23.5. The van der Waals surface area contributed by atoms with E-state index in [0.29, 0.717) is 18.5 Å². The van der Waals surface area contributed by atoms with Gasteiger partial charge in [-0.05, 0) is 49.3 Å². The normalized spacial score (nSPS) is 11.7. The predicted octanol–water partition coefficient (Wildman–Crippen LogP) is 4.81. The van der Waals surface area contributed by atoms with Gasteiger partial charge in [-0.25, -0.2) is 4.79 Å². The summed E-state index contributed by atoms with van der Waals surface area (Å²) in [6.07, 6.45) is -0.515. The number of fused-ring (bicyclic) bond motifs is 1. The van der Waals surface area contributed by atoms with Crippen LogP contribution in [0.3, 0.4) is 0 Å². The molecule has 0 bridgehead atoms. The van der Waals surface area contributed by atoms with Crippen molar-refractivity contribution in [1.82, 2.24) is 9.88 Å². The third kappa shape index (κ3) is 5.37. The molecule has 0 unspecified atom stereocenters. The van der Waals surface area contributed by atoms with Gasteiger partial charge in [0.25, 0.3) is 5.56 Å². The molecular formula is C26H33N3O3. The molecule has 0 aliphatic rings. The van der Waals surface area contributed by atoms with Crippen LogP contribution in [0.4, 0.5) is 4.79 Å². The van der Waals surface area contributed by atoms with Crippen LogP contribution in [-0.4, -0.2) is 16.3 Å². The Morgan fingerprint density at radius 2 is 1.69 bits per heavy atom. The SMILES string of the molecule is CC(C)Cn1c(CNC(=O)OC(C)(C)C)c(-c2ccc(CN)cc2)c2ccccc2c1=O. The van der Waals surface area contributed by atoms with Gasteiger partial charge < -0.3 is 20.4 Å². The molecule has 3 aromatic rings. The lowest BCUT2D eigenvalue weighted by Crippen LogP contribution is -2.35. The van der Waals surface area contributed by atoms with Crippen molar-refractivity contribution < 1.29 is 9.53 Å².